The smallest absolute Gasteiger partial charge is 0.252 e. The molecule has 0 heterocycles. The van der Waals surface area contributed by atoms with E-state index in [1.807, 2.05) is 0 Å². The molecule has 0 fully saturated rings. The Kier molecular flexibility index (Phi) is 3.87. The summed E-state index contributed by atoms with van der Waals surface area (Å²) in [7, 11) is 1.35. The number of carbonyl (C=O) groups is 2. The standard InChI is InChI=1S/C12H13NO4/c1-3-11(16)13(2)12(17)7-8-4-5-9(14)10(15)6-8/h3-6,14-15H,1,7H2,2H3. The summed E-state index contributed by atoms with van der Waals surface area (Å²) in [6.07, 6.45) is 1.01. The lowest BCUT2D eigenvalue weighted by molar-refractivity contribution is -0.139. The van der Waals surface area contributed by atoms with E-state index in [0.29, 0.717) is 5.56 Å². The highest BCUT2D eigenvalue weighted by atomic mass is 16.3. The third kappa shape index (κ3) is 3.07. The van der Waals surface area contributed by atoms with Gasteiger partial charge in [0.15, 0.2) is 11.5 Å². The molecule has 0 unspecified atom stereocenters. The van der Waals surface area contributed by atoms with Gasteiger partial charge in [-0.25, -0.2) is 0 Å². The number of benzene rings is 1. The van der Waals surface area contributed by atoms with Gasteiger partial charge in [-0.05, 0) is 23.8 Å². The van der Waals surface area contributed by atoms with Gasteiger partial charge in [-0.15, -0.1) is 0 Å². The van der Waals surface area contributed by atoms with Gasteiger partial charge in [-0.2, -0.15) is 0 Å². The molecule has 0 radical (unpaired) electrons. The highest BCUT2D eigenvalue weighted by Gasteiger charge is 2.14. The van der Waals surface area contributed by atoms with Gasteiger partial charge in [0.05, 0.1) is 6.42 Å². The number of nitrogens with zero attached hydrogens (tertiary/aromatic N) is 1. The van der Waals surface area contributed by atoms with Crippen LogP contribution in [0.25, 0.3) is 0 Å². The van der Waals surface area contributed by atoms with Crippen LogP contribution in [0, 0.1) is 0 Å². The molecule has 0 saturated carbocycles. The Bertz CT molecular complexity index is 468. The molecule has 90 valence electrons. The van der Waals surface area contributed by atoms with Crippen LogP contribution in [-0.2, 0) is 16.0 Å². The van der Waals surface area contributed by atoms with Crippen molar-refractivity contribution >= 4 is 11.8 Å². The first-order valence-electron chi connectivity index (χ1n) is 4.89. The van der Waals surface area contributed by atoms with E-state index in [1.54, 1.807) is 0 Å². The predicted octanol–water partition coefficient (Wildman–Crippen LogP) is 0.811. The summed E-state index contributed by atoms with van der Waals surface area (Å²) in [6, 6.07) is 4.06. The summed E-state index contributed by atoms with van der Waals surface area (Å²) >= 11 is 0. The topological polar surface area (TPSA) is 77.8 Å². The van der Waals surface area contributed by atoms with Gasteiger partial charge >= 0.3 is 0 Å². The minimum Gasteiger partial charge on any atom is -0.504 e. The average Bonchev–Trinajstić information content (AvgIpc) is 2.31. The van der Waals surface area contributed by atoms with Crippen LogP contribution < -0.4 is 0 Å². The number of hydrogen-bond acceptors (Lipinski definition) is 4. The van der Waals surface area contributed by atoms with Crippen molar-refractivity contribution in [1.29, 1.82) is 0 Å². The van der Waals surface area contributed by atoms with E-state index in [1.165, 1.54) is 25.2 Å². The third-order valence-electron chi connectivity index (χ3n) is 2.27. The number of hydrogen-bond donors (Lipinski definition) is 2. The molecule has 1 aromatic carbocycles. The van der Waals surface area contributed by atoms with Gasteiger partial charge in [0.1, 0.15) is 0 Å². The molecule has 0 saturated heterocycles. The van der Waals surface area contributed by atoms with Crippen LogP contribution in [0.2, 0.25) is 0 Å². The average molecular weight is 235 g/mol. The maximum absolute atomic E-state index is 11.6. The Morgan fingerprint density at radius 3 is 2.53 bits per heavy atom. The molecular formula is C12H13NO4. The van der Waals surface area contributed by atoms with Gasteiger partial charge in [0.25, 0.3) is 5.91 Å². The monoisotopic (exact) mass is 235 g/mol. The van der Waals surface area contributed by atoms with Gasteiger partial charge in [0.2, 0.25) is 5.91 Å². The molecule has 1 aromatic rings. The highest BCUT2D eigenvalue weighted by molar-refractivity contribution is 6.00. The van der Waals surface area contributed by atoms with E-state index in [-0.39, 0.29) is 17.9 Å². The Morgan fingerprint density at radius 2 is 2.00 bits per heavy atom. The number of imide groups is 1. The molecule has 5 nitrogen and oxygen atoms in total. The summed E-state index contributed by atoms with van der Waals surface area (Å²) < 4.78 is 0. The normalized spacial score (nSPS) is 9.71. The van der Waals surface area contributed by atoms with Crippen LogP contribution >= 0.6 is 0 Å². The largest absolute Gasteiger partial charge is 0.504 e. The summed E-state index contributed by atoms with van der Waals surface area (Å²) in [5.74, 6) is -1.46. The molecular weight excluding hydrogens is 222 g/mol. The van der Waals surface area contributed by atoms with Gasteiger partial charge < -0.3 is 10.2 Å². The van der Waals surface area contributed by atoms with E-state index in [4.69, 9.17) is 5.11 Å². The summed E-state index contributed by atoms with van der Waals surface area (Å²) in [4.78, 5) is 23.7. The number of phenols is 2. The van der Waals surface area contributed by atoms with Crippen molar-refractivity contribution in [3.8, 4) is 11.5 Å². The lowest BCUT2D eigenvalue weighted by Crippen LogP contribution is -2.32. The van der Waals surface area contributed by atoms with Gasteiger partial charge in [-0.1, -0.05) is 12.6 Å². The summed E-state index contributed by atoms with van der Waals surface area (Å²) in [5.41, 5.74) is 0.508. The number of aromatic hydroxyl groups is 2. The zero-order valence-corrected chi connectivity index (χ0v) is 9.38. The molecule has 2 N–H and O–H groups in total. The fourth-order valence-electron chi connectivity index (χ4n) is 1.23. The lowest BCUT2D eigenvalue weighted by Gasteiger charge is -2.13. The first-order valence-corrected chi connectivity index (χ1v) is 4.89. The van der Waals surface area contributed by atoms with Gasteiger partial charge in [-0.3, -0.25) is 14.5 Å². The molecule has 2 amide bonds. The minimum atomic E-state index is -0.488. The molecule has 0 aliphatic rings. The lowest BCUT2D eigenvalue weighted by atomic mass is 10.1. The van der Waals surface area contributed by atoms with Crippen molar-refractivity contribution in [2.45, 2.75) is 6.42 Å². The molecule has 1 rings (SSSR count). The quantitative estimate of drug-likeness (QED) is 0.600. The van der Waals surface area contributed by atoms with Gasteiger partial charge in [0, 0.05) is 7.05 Å². The van der Waals surface area contributed by atoms with E-state index in [9.17, 15) is 14.7 Å². The number of phenolic OH excluding ortho intramolecular Hbond substituents is 2. The zero-order chi connectivity index (χ0) is 13.0. The summed E-state index contributed by atoms with van der Waals surface area (Å²) in [5, 5.41) is 18.3. The Labute approximate surface area is 98.6 Å². The molecule has 17 heavy (non-hydrogen) atoms. The van der Waals surface area contributed by atoms with E-state index >= 15 is 0 Å². The van der Waals surface area contributed by atoms with Crippen LogP contribution in [0.4, 0.5) is 0 Å². The molecule has 0 aliphatic heterocycles. The first-order chi connectivity index (χ1) is 7.95. The number of carbonyl (C=O) groups excluding carboxylic acids is 2. The van der Waals surface area contributed by atoms with Crippen LogP contribution in [0.15, 0.2) is 30.9 Å². The third-order valence-corrected chi connectivity index (χ3v) is 2.27. The van der Waals surface area contributed by atoms with Crippen molar-refractivity contribution in [3.63, 3.8) is 0 Å². The molecule has 0 aliphatic carbocycles. The number of likely N-dealkylation sites (N-methyl/N-ethyl adjacent to an activating group) is 1. The molecule has 0 bridgehead atoms. The maximum atomic E-state index is 11.6. The predicted molar refractivity (Wildman–Crippen MR) is 61.4 cm³/mol. The number of amides is 2. The molecule has 0 aromatic heterocycles. The summed E-state index contributed by atoms with van der Waals surface area (Å²) in [6.45, 7) is 3.28. The molecule has 0 spiro atoms. The number of rotatable bonds is 3. The fourth-order valence-corrected chi connectivity index (χ4v) is 1.23. The Balaban J connectivity index is 2.77. The van der Waals surface area contributed by atoms with E-state index < -0.39 is 11.8 Å². The maximum Gasteiger partial charge on any atom is 0.252 e. The minimum absolute atomic E-state index is 0.0378. The van der Waals surface area contributed by atoms with Crippen LogP contribution in [-0.4, -0.2) is 34.0 Å². The van der Waals surface area contributed by atoms with Crippen LogP contribution in [0.5, 0.6) is 11.5 Å². The second-order valence-electron chi connectivity index (χ2n) is 3.49. The van der Waals surface area contributed by atoms with Crippen molar-refractivity contribution in [3.05, 3.63) is 36.4 Å². The van der Waals surface area contributed by atoms with Crippen molar-refractivity contribution in [1.82, 2.24) is 4.90 Å². The Morgan fingerprint density at radius 1 is 1.35 bits per heavy atom. The van der Waals surface area contributed by atoms with E-state index in [2.05, 4.69) is 6.58 Å². The zero-order valence-electron chi connectivity index (χ0n) is 9.38. The van der Waals surface area contributed by atoms with E-state index in [0.717, 1.165) is 11.0 Å². The first kappa shape index (κ1) is 12.8. The van der Waals surface area contributed by atoms with Crippen molar-refractivity contribution < 1.29 is 19.8 Å². The second-order valence-corrected chi connectivity index (χ2v) is 3.49. The second kappa shape index (κ2) is 5.16. The SMILES string of the molecule is C=CC(=O)N(C)C(=O)Cc1ccc(O)c(O)c1. The van der Waals surface area contributed by atoms with Crippen LogP contribution in [0.3, 0.4) is 0 Å². The van der Waals surface area contributed by atoms with Crippen molar-refractivity contribution in [2.24, 2.45) is 0 Å². The fraction of sp³-hybridized carbons (Fsp3) is 0.167. The Hall–Kier alpha value is -2.30. The van der Waals surface area contributed by atoms with Crippen LogP contribution in [0.1, 0.15) is 5.56 Å². The molecule has 5 heteroatoms. The molecule has 0 atom stereocenters. The highest BCUT2D eigenvalue weighted by Crippen LogP contribution is 2.25. The van der Waals surface area contributed by atoms with Crippen molar-refractivity contribution in [2.75, 3.05) is 7.05 Å².